The molecule has 1 aliphatic heterocycles. The van der Waals surface area contributed by atoms with E-state index in [1.54, 1.807) is 36.5 Å². The van der Waals surface area contributed by atoms with E-state index in [4.69, 9.17) is 14.2 Å². The molecule has 0 spiro atoms. The number of nitrogens with one attached hydrogen (secondary N) is 1. The number of amides is 1. The van der Waals surface area contributed by atoms with Crippen molar-refractivity contribution in [2.45, 2.75) is 9.92 Å². The largest absolute Gasteiger partial charge is 0.454 e. The first-order chi connectivity index (χ1) is 14.2. The van der Waals surface area contributed by atoms with Crippen molar-refractivity contribution in [3.05, 3.63) is 72.4 Å². The van der Waals surface area contributed by atoms with Crippen molar-refractivity contribution in [3.8, 4) is 11.5 Å². The van der Waals surface area contributed by atoms with Crippen LogP contribution in [0.3, 0.4) is 0 Å². The van der Waals surface area contributed by atoms with Gasteiger partial charge in [0.1, 0.15) is 5.03 Å². The predicted octanol–water partition coefficient (Wildman–Crippen LogP) is 3.76. The quantitative estimate of drug-likeness (QED) is 0.622. The van der Waals surface area contributed by atoms with Crippen molar-refractivity contribution < 1.29 is 23.8 Å². The molecular weight excluding hydrogens is 392 g/mol. The topological polar surface area (TPSA) is 86.8 Å². The Balaban J connectivity index is 1.36. The van der Waals surface area contributed by atoms with Gasteiger partial charge >= 0.3 is 5.97 Å². The molecule has 0 saturated heterocycles. The minimum absolute atomic E-state index is 0.152. The molecule has 2 aromatic carbocycles. The summed E-state index contributed by atoms with van der Waals surface area (Å²) in [6, 6.07) is 17.9. The van der Waals surface area contributed by atoms with Crippen LogP contribution in [0.1, 0.15) is 10.4 Å². The zero-order valence-electron chi connectivity index (χ0n) is 15.2. The number of anilines is 1. The summed E-state index contributed by atoms with van der Waals surface area (Å²) in [5.74, 6) is 0.0999. The summed E-state index contributed by atoms with van der Waals surface area (Å²) in [5.41, 5.74) is 0.828. The third kappa shape index (κ3) is 4.67. The van der Waals surface area contributed by atoms with E-state index < -0.39 is 18.5 Å². The van der Waals surface area contributed by atoms with Gasteiger partial charge in [-0.15, -0.1) is 0 Å². The standard InChI is InChI=1S/C21H16N2O5S/c24-19(23-14-8-9-17-18(11-14)28-13-27-17)12-26-21(25)16-7-4-10-22-20(16)29-15-5-2-1-3-6-15/h1-11H,12-13H2,(H,23,24). The number of hydrogen-bond donors (Lipinski definition) is 1. The summed E-state index contributed by atoms with van der Waals surface area (Å²) < 4.78 is 15.7. The van der Waals surface area contributed by atoms with Gasteiger partial charge in [0.15, 0.2) is 18.1 Å². The molecule has 1 aromatic heterocycles. The number of pyridine rings is 1. The van der Waals surface area contributed by atoms with Gasteiger partial charge in [0.2, 0.25) is 6.79 Å². The average molecular weight is 408 g/mol. The Kier molecular flexibility index (Phi) is 5.62. The van der Waals surface area contributed by atoms with Gasteiger partial charge in [0, 0.05) is 22.8 Å². The lowest BCUT2D eigenvalue weighted by Crippen LogP contribution is -2.21. The Morgan fingerprint density at radius 1 is 1.03 bits per heavy atom. The van der Waals surface area contributed by atoms with Crippen LogP contribution in [0.2, 0.25) is 0 Å². The molecule has 0 atom stereocenters. The average Bonchev–Trinajstić information content (AvgIpc) is 3.21. The molecule has 1 N–H and O–H groups in total. The predicted molar refractivity (Wildman–Crippen MR) is 106 cm³/mol. The highest BCUT2D eigenvalue weighted by Crippen LogP contribution is 2.34. The van der Waals surface area contributed by atoms with E-state index in [0.29, 0.717) is 27.8 Å². The molecule has 0 saturated carbocycles. The third-order valence-electron chi connectivity index (χ3n) is 3.94. The second kappa shape index (κ2) is 8.66. The van der Waals surface area contributed by atoms with Crippen molar-refractivity contribution in [3.63, 3.8) is 0 Å². The molecule has 0 unspecified atom stereocenters. The normalized spacial score (nSPS) is 11.7. The fourth-order valence-corrected chi connectivity index (χ4v) is 3.50. The van der Waals surface area contributed by atoms with Gasteiger partial charge in [0.05, 0.1) is 5.56 Å². The summed E-state index contributed by atoms with van der Waals surface area (Å²) in [7, 11) is 0. The molecule has 0 aliphatic carbocycles. The van der Waals surface area contributed by atoms with E-state index in [2.05, 4.69) is 10.3 Å². The van der Waals surface area contributed by atoms with Crippen molar-refractivity contribution in [1.29, 1.82) is 0 Å². The molecule has 1 aliphatic rings. The molecule has 0 radical (unpaired) electrons. The minimum atomic E-state index is -0.614. The van der Waals surface area contributed by atoms with Crippen molar-refractivity contribution in [1.82, 2.24) is 4.98 Å². The monoisotopic (exact) mass is 408 g/mol. The van der Waals surface area contributed by atoms with E-state index in [0.717, 1.165) is 4.90 Å². The van der Waals surface area contributed by atoms with Crippen LogP contribution in [0.5, 0.6) is 11.5 Å². The third-order valence-corrected chi connectivity index (χ3v) is 4.97. The van der Waals surface area contributed by atoms with E-state index in [-0.39, 0.29) is 6.79 Å². The highest BCUT2D eigenvalue weighted by molar-refractivity contribution is 7.99. The summed E-state index contributed by atoms with van der Waals surface area (Å²) in [4.78, 5) is 29.8. The van der Waals surface area contributed by atoms with Gasteiger partial charge in [-0.25, -0.2) is 9.78 Å². The van der Waals surface area contributed by atoms with Crippen molar-refractivity contribution in [2.24, 2.45) is 0 Å². The second-order valence-electron chi connectivity index (χ2n) is 5.96. The lowest BCUT2D eigenvalue weighted by molar-refractivity contribution is -0.119. The number of ether oxygens (including phenoxy) is 3. The fourth-order valence-electron chi connectivity index (χ4n) is 2.61. The van der Waals surface area contributed by atoms with Crippen LogP contribution in [0, 0.1) is 0 Å². The number of hydrogen-bond acceptors (Lipinski definition) is 7. The molecule has 4 rings (SSSR count). The van der Waals surface area contributed by atoms with Crippen LogP contribution in [-0.4, -0.2) is 30.3 Å². The second-order valence-corrected chi connectivity index (χ2v) is 7.03. The molecule has 7 nitrogen and oxygen atoms in total. The highest BCUT2D eigenvalue weighted by Gasteiger charge is 2.17. The number of benzene rings is 2. The van der Waals surface area contributed by atoms with E-state index in [9.17, 15) is 9.59 Å². The Morgan fingerprint density at radius 3 is 2.72 bits per heavy atom. The lowest BCUT2D eigenvalue weighted by atomic mass is 10.3. The summed E-state index contributed by atoms with van der Waals surface area (Å²) in [6.07, 6.45) is 1.61. The SMILES string of the molecule is O=C(COC(=O)c1cccnc1Sc1ccccc1)Nc1ccc2c(c1)OCO2. The molecule has 8 heteroatoms. The Bertz CT molecular complexity index is 1040. The van der Waals surface area contributed by atoms with Gasteiger partial charge in [-0.2, -0.15) is 0 Å². The van der Waals surface area contributed by atoms with E-state index >= 15 is 0 Å². The number of rotatable bonds is 6. The van der Waals surface area contributed by atoms with Crippen LogP contribution in [0.25, 0.3) is 0 Å². The van der Waals surface area contributed by atoms with E-state index in [1.807, 2.05) is 30.3 Å². The summed E-state index contributed by atoms with van der Waals surface area (Å²) in [6.45, 7) is -0.267. The molecule has 3 aromatic rings. The number of aromatic nitrogens is 1. The maximum absolute atomic E-state index is 12.5. The number of esters is 1. The number of nitrogens with zero attached hydrogens (tertiary/aromatic N) is 1. The van der Waals surface area contributed by atoms with Gasteiger partial charge in [-0.05, 0) is 36.4 Å². The Morgan fingerprint density at radius 2 is 1.86 bits per heavy atom. The highest BCUT2D eigenvalue weighted by atomic mass is 32.2. The number of fused-ring (bicyclic) bond motifs is 1. The maximum Gasteiger partial charge on any atom is 0.341 e. The molecule has 0 fully saturated rings. The molecule has 29 heavy (non-hydrogen) atoms. The maximum atomic E-state index is 12.5. The zero-order chi connectivity index (χ0) is 20.1. The first-order valence-electron chi connectivity index (χ1n) is 8.73. The van der Waals surface area contributed by atoms with Crippen LogP contribution < -0.4 is 14.8 Å². The number of carbonyl (C=O) groups is 2. The van der Waals surface area contributed by atoms with Crippen LogP contribution >= 0.6 is 11.8 Å². The minimum Gasteiger partial charge on any atom is -0.454 e. The zero-order valence-corrected chi connectivity index (χ0v) is 16.0. The van der Waals surface area contributed by atoms with Crippen LogP contribution in [-0.2, 0) is 9.53 Å². The van der Waals surface area contributed by atoms with Crippen molar-refractivity contribution >= 4 is 29.3 Å². The first kappa shape index (κ1) is 18.8. The molecule has 1 amide bonds. The molecule has 2 heterocycles. The van der Waals surface area contributed by atoms with Crippen LogP contribution in [0.15, 0.2) is 76.8 Å². The van der Waals surface area contributed by atoms with Gasteiger partial charge < -0.3 is 19.5 Å². The smallest absolute Gasteiger partial charge is 0.341 e. The summed E-state index contributed by atoms with van der Waals surface area (Å²) in [5, 5.41) is 3.17. The van der Waals surface area contributed by atoms with Crippen LogP contribution in [0.4, 0.5) is 5.69 Å². The Hall–Kier alpha value is -3.52. The van der Waals surface area contributed by atoms with Gasteiger partial charge in [-0.3, -0.25) is 4.79 Å². The lowest BCUT2D eigenvalue weighted by Gasteiger charge is -2.09. The molecule has 146 valence electrons. The van der Waals surface area contributed by atoms with Crippen molar-refractivity contribution in [2.75, 3.05) is 18.7 Å². The first-order valence-corrected chi connectivity index (χ1v) is 9.55. The van der Waals surface area contributed by atoms with Gasteiger partial charge in [0.25, 0.3) is 5.91 Å². The van der Waals surface area contributed by atoms with E-state index in [1.165, 1.54) is 11.8 Å². The fraction of sp³-hybridized carbons (Fsp3) is 0.0952. The number of carbonyl (C=O) groups excluding carboxylic acids is 2. The molecule has 0 bridgehead atoms. The molecular formula is C21H16N2O5S. The summed E-state index contributed by atoms with van der Waals surface area (Å²) >= 11 is 1.35. The van der Waals surface area contributed by atoms with Gasteiger partial charge in [-0.1, -0.05) is 30.0 Å². The Labute approximate surface area is 171 Å².